The Labute approximate surface area is 117 Å². The molecule has 1 heterocycles. The Morgan fingerprint density at radius 2 is 1.47 bits per heavy atom. The summed E-state index contributed by atoms with van der Waals surface area (Å²) in [4.78, 5) is 16.0. The van der Waals surface area contributed by atoms with Gasteiger partial charge in [-0.05, 0) is 13.8 Å². The molecule has 1 aromatic heterocycles. The van der Waals surface area contributed by atoms with Crippen molar-refractivity contribution in [2.24, 2.45) is 0 Å². The second-order valence-electron chi connectivity index (χ2n) is 3.46. The first-order valence-electron chi connectivity index (χ1n) is 5.22. The zero-order valence-electron chi connectivity index (χ0n) is 10.4. The highest BCUT2D eigenvalue weighted by Crippen LogP contribution is 2.27. The summed E-state index contributed by atoms with van der Waals surface area (Å²) in [6, 6.07) is 6.69. The van der Waals surface area contributed by atoms with Crippen LogP contribution in [0.1, 0.15) is 19.9 Å². The summed E-state index contributed by atoms with van der Waals surface area (Å²) in [6.45, 7) is 4.33. The molecule has 0 amide bonds. The summed E-state index contributed by atoms with van der Waals surface area (Å²) in [5, 5.41) is 0. The molecular formula is C9H17ClNO6P2+. The molecule has 1 aromatic rings. The number of pyridine rings is 1. The minimum Gasteiger partial charge on any atom is -0.326 e. The van der Waals surface area contributed by atoms with Crippen molar-refractivity contribution in [2.45, 2.75) is 25.6 Å². The summed E-state index contributed by atoms with van der Waals surface area (Å²) in [7, 11) is -6.44. The van der Waals surface area contributed by atoms with Crippen molar-refractivity contribution in [3.8, 4) is 0 Å². The zero-order valence-corrected chi connectivity index (χ0v) is 13.1. The molecule has 0 fully saturated rings. The highest BCUT2D eigenvalue weighted by molar-refractivity contribution is 7.33. The number of hydrogen-bond acceptors (Lipinski definition) is 4. The SMILES string of the molecule is CC(C)[n+]1ccccc1.O=[PH](O)OC(Cl)O[PH](=O)O. The lowest BCUT2D eigenvalue weighted by Gasteiger charge is -2.04. The van der Waals surface area contributed by atoms with E-state index in [9.17, 15) is 9.13 Å². The van der Waals surface area contributed by atoms with Crippen LogP contribution >= 0.6 is 28.1 Å². The van der Waals surface area contributed by atoms with E-state index in [2.05, 4.69) is 39.9 Å². The average molecular weight is 333 g/mol. The molecule has 0 saturated heterocycles. The van der Waals surface area contributed by atoms with Gasteiger partial charge in [0.05, 0.1) is 0 Å². The molecule has 110 valence electrons. The summed E-state index contributed by atoms with van der Waals surface area (Å²) < 4.78 is 29.5. The van der Waals surface area contributed by atoms with Gasteiger partial charge >= 0.3 is 16.5 Å². The molecular weight excluding hydrogens is 316 g/mol. The molecule has 0 aliphatic rings. The molecule has 0 aliphatic heterocycles. The van der Waals surface area contributed by atoms with Gasteiger partial charge in [-0.2, -0.15) is 0 Å². The van der Waals surface area contributed by atoms with Gasteiger partial charge in [-0.15, -0.1) is 0 Å². The van der Waals surface area contributed by atoms with E-state index in [1.165, 1.54) is 0 Å². The predicted octanol–water partition coefficient (Wildman–Crippen LogP) is 1.86. The van der Waals surface area contributed by atoms with Crippen molar-refractivity contribution in [2.75, 3.05) is 0 Å². The van der Waals surface area contributed by atoms with Crippen LogP contribution in [-0.4, -0.2) is 15.5 Å². The molecule has 19 heavy (non-hydrogen) atoms. The zero-order chi connectivity index (χ0) is 14.8. The Kier molecular flexibility index (Phi) is 10.4. The van der Waals surface area contributed by atoms with Crippen LogP contribution in [-0.2, 0) is 18.2 Å². The summed E-state index contributed by atoms with van der Waals surface area (Å²) in [5.74, 6) is -1.65. The van der Waals surface area contributed by atoms with Gasteiger partial charge in [-0.1, -0.05) is 17.7 Å². The standard InChI is InChI=1S/C8H12N.CH5ClO6P2/c1-8(2)9-6-4-3-5-7-9;2-1(7-9(3)4)8-10(5)6/h3-8H,1-2H3;1,9-10H,(H,3,4)(H,5,6)/q+1;. The maximum absolute atomic E-state index is 9.82. The number of aromatic nitrogens is 1. The van der Waals surface area contributed by atoms with Gasteiger partial charge in [-0.25, -0.2) is 4.57 Å². The molecule has 0 aliphatic carbocycles. The highest BCUT2D eigenvalue weighted by Gasteiger charge is 2.09. The van der Waals surface area contributed by atoms with Gasteiger partial charge in [-0.3, -0.25) is 18.2 Å². The fourth-order valence-electron chi connectivity index (χ4n) is 0.939. The Hall–Kier alpha value is -0.260. The van der Waals surface area contributed by atoms with E-state index in [-0.39, 0.29) is 0 Å². The third-order valence-corrected chi connectivity index (χ3v) is 3.03. The van der Waals surface area contributed by atoms with E-state index in [1.54, 1.807) is 0 Å². The average Bonchev–Trinajstić information content (AvgIpc) is 2.28. The highest BCUT2D eigenvalue weighted by atomic mass is 35.5. The molecule has 2 atom stereocenters. The van der Waals surface area contributed by atoms with E-state index < -0.39 is 22.3 Å². The van der Waals surface area contributed by atoms with Crippen LogP contribution in [0.15, 0.2) is 30.6 Å². The van der Waals surface area contributed by atoms with Crippen LogP contribution in [0.25, 0.3) is 0 Å². The largest absolute Gasteiger partial charge is 0.326 e. The minimum atomic E-state index is -3.22. The first-order chi connectivity index (χ1) is 8.82. The Balaban J connectivity index is 0.000000342. The summed E-state index contributed by atoms with van der Waals surface area (Å²) in [6.07, 6.45) is 4.15. The molecule has 1 rings (SSSR count). The molecule has 7 nitrogen and oxygen atoms in total. The fraction of sp³-hybridized carbons (Fsp3) is 0.444. The monoisotopic (exact) mass is 332 g/mol. The maximum Gasteiger partial charge on any atom is 0.319 e. The molecule has 2 unspecified atom stereocenters. The number of hydrogen-bond donors (Lipinski definition) is 2. The lowest BCUT2D eigenvalue weighted by atomic mass is 10.3. The lowest BCUT2D eigenvalue weighted by molar-refractivity contribution is -0.716. The van der Waals surface area contributed by atoms with Crippen molar-refractivity contribution in [3.05, 3.63) is 30.6 Å². The third-order valence-electron chi connectivity index (χ3n) is 1.72. The number of nitrogens with zero attached hydrogens (tertiary/aromatic N) is 1. The van der Waals surface area contributed by atoms with Crippen molar-refractivity contribution in [1.82, 2.24) is 0 Å². The van der Waals surface area contributed by atoms with E-state index >= 15 is 0 Å². The maximum atomic E-state index is 9.82. The molecule has 0 saturated carbocycles. The third kappa shape index (κ3) is 11.3. The first-order valence-corrected chi connectivity index (χ1v) is 8.18. The number of alkyl halides is 1. The van der Waals surface area contributed by atoms with Crippen molar-refractivity contribution in [1.29, 1.82) is 0 Å². The Bertz CT molecular complexity index is 389. The van der Waals surface area contributed by atoms with Crippen LogP contribution < -0.4 is 4.57 Å². The van der Waals surface area contributed by atoms with Gasteiger partial charge in [0.15, 0.2) is 18.4 Å². The Morgan fingerprint density at radius 1 is 1.05 bits per heavy atom. The molecule has 2 N–H and O–H groups in total. The predicted molar refractivity (Wildman–Crippen MR) is 71.3 cm³/mol. The van der Waals surface area contributed by atoms with Crippen LogP contribution in [0.5, 0.6) is 0 Å². The molecule has 0 bridgehead atoms. The summed E-state index contributed by atoms with van der Waals surface area (Å²) >= 11 is 4.96. The topological polar surface area (TPSA) is 96.9 Å². The van der Waals surface area contributed by atoms with Crippen LogP contribution in [0, 0.1) is 0 Å². The normalized spacial score (nSPS) is 15.3. The van der Waals surface area contributed by atoms with Gasteiger partial charge in [0.25, 0.3) is 5.75 Å². The first kappa shape index (κ1) is 18.7. The fourth-order valence-corrected chi connectivity index (χ4v) is 1.91. The van der Waals surface area contributed by atoms with Gasteiger partial charge in [0, 0.05) is 12.1 Å². The van der Waals surface area contributed by atoms with Crippen molar-refractivity contribution >= 4 is 28.1 Å². The van der Waals surface area contributed by atoms with Crippen LogP contribution in [0.3, 0.4) is 0 Å². The number of rotatable bonds is 5. The Morgan fingerprint density at radius 3 is 1.74 bits per heavy atom. The van der Waals surface area contributed by atoms with E-state index in [4.69, 9.17) is 21.4 Å². The second kappa shape index (κ2) is 10.5. The van der Waals surface area contributed by atoms with Gasteiger partial charge in [0.2, 0.25) is 0 Å². The summed E-state index contributed by atoms with van der Waals surface area (Å²) in [5.41, 5.74) is 0. The lowest BCUT2D eigenvalue weighted by Crippen LogP contribution is -2.34. The van der Waals surface area contributed by atoms with E-state index in [0.29, 0.717) is 6.04 Å². The van der Waals surface area contributed by atoms with Crippen molar-refractivity contribution in [3.63, 3.8) is 0 Å². The minimum absolute atomic E-state index is 0.575. The van der Waals surface area contributed by atoms with Gasteiger partial charge < -0.3 is 9.79 Å². The van der Waals surface area contributed by atoms with E-state index in [1.807, 2.05) is 18.2 Å². The molecule has 10 heteroatoms. The van der Waals surface area contributed by atoms with Crippen LogP contribution in [0.4, 0.5) is 0 Å². The van der Waals surface area contributed by atoms with Crippen LogP contribution in [0.2, 0.25) is 0 Å². The van der Waals surface area contributed by atoms with Crippen molar-refractivity contribution < 1.29 is 32.5 Å². The molecule has 0 aromatic carbocycles. The van der Waals surface area contributed by atoms with Gasteiger partial charge in [0.1, 0.15) is 0 Å². The van der Waals surface area contributed by atoms with E-state index in [0.717, 1.165) is 0 Å². The quantitative estimate of drug-likeness (QED) is 0.370. The number of halogens is 1. The molecule has 0 radical (unpaired) electrons. The smallest absolute Gasteiger partial charge is 0.319 e. The second-order valence-corrected chi connectivity index (χ2v) is 5.35. The molecule has 0 spiro atoms.